The molecular formula is C12H19N3S. The predicted molar refractivity (Wildman–Crippen MR) is 68.4 cm³/mol. The van der Waals surface area contributed by atoms with Gasteiger partial charge in [0.25, 0.3) is 0 Å². The van der Waals surface area contributed by atoms with Gasteiger partial charge in [-0.25, -0.2) is 9.97 Å². The van der Waals surface area contributed by atoms with Crippen LogP contribution in [0.1, 0.15) is 30.9 Å². The Kier molecular flexibility index (Phi) is 4.18. The van der Waals surface area contributed by atoms with Gasteiger partial charge in [-0.15, -0.1) is 0 Å². The van der Waals surface area contributed by atoms with Crippen molar-refractivity contribution in [1.29, 1.82) is 0 Å². The summed E-state index contributed by atoms with van der Waals surface area (Å²) in [7, 11) is 0. The number of hydrogen-bond donors (Lipinski definition) is 1. The monoisotopic (exact) mass is 237 g/mol. The van der Waals surface area contributed by atoms with Gasteiger partial charge in [0, 0.05) is 37.0 Å². The molecule has 3 nitrogen and oxygen atoms in total. The molecule has 0 bridgehead atoms. The summed E-state index contributed by atoms with van der Waals surface area (Å²) in [5.74, 6) is 3.86. The third-order valence-corrected chi connectivity index (χ3v) is 3.91. The largest absolute Gasteiger partial charge is 0.312 e. The van der Waals surface area contributed by atoms with E-state index in [4.69, 9.17) is 0 Å². The minimum atomic E-state index is 0.742. The van der Waals surface area contributed by atoms with Gasteiger partial charge in [0.2, 0.25) is 0 Å². The molecule has 0 saturated carbocycles. The van der Waals surface area contributed by atoms with E-state index >= 15 is 0 Å². The molecule has 0 radical (unpaired) electrons. The van der Waals surface area contributed by atoms with Crippen molar-refractivity contribution in [2.75, 3.05) is 12.3 Å². The summed E-state index contributed by atoms with van der Waals surface area (Å²) in [6.45, 7) is 6.45. The average molecular weight is 237 g/mol. The van der Waals surface area contributed by atoms with Crippen molar-refractivity contribution in [2.24, 2.45) is 5.92 Å². The minimum absolute atomic E-state index is 0.742. The third-order valence-electron chi connectivity index (χ3n) is 2.54. The maximum absolute atomic E-state index is 4.64. The van der Waals surface area contributed by atoms with Crippen molar-refractivity contribution in [3.8, 4) is 0 Å². The van der Waals surface area contributed by atoms with E-state index in [-0.39, 0.29) is 0 Å². The quantitative estimate of drug-likeness (QED) is 0.869. The van der Waals surface area contributed by atoms with Crippen molar-refractivity contribution in [3.05, 3.63) is 23.3 Å². The van der Waals surface area contributed by atoms with Crippen LogP contribution in [0.3, 0.4) is 0 Å². The van der Waals surface area contributed by atoms with Crippen molar-refractivity contribution >= 4 is 11.8 Å². The average Bonchev–Trinajstić information content (AvgIpc) is 2.28. The van der Waals surface area contributed by atoms with Gasteiger partial charge < -0.3 is 5.32 Å². The fourth-order valence-corrected chi connectivity index (χ4v) is 2.64. The summed E-state index contributed by atoms with van der Waals surface area (Å²) in [5.41, 5.74) is 2.51. The van der Waals surface area contributed by atoms with Gasteiger partial charge in [0.05, 0.1) is 5.75 Å². The molecule has 2 rings (SSSR count). The SMILES string of the molecule is CC(C)CSCc1ncc2c(n1)CCNC2. The lowest BCUT2D eigenvalue weighted by molar-refractivity contribution is 0.622. The highest BCUT2D eigenvalue weighted by Gasteiger charge is 2.11. The molecule has 2 heterocycles. The van der Waals surface area contributed by atoms with Gasteiger partial charge >= 0.3 is 0 Å². The molecular weight excluding hydrogens is 218 g/mol. The summed E-state index contributed by atoms with van der Waals surface area (Å²) in [6, 6.07) is 0. The lowest BCUT2D eigenvalue weighted by Gasteiger charge is -2.16. The number of hydrogen-bond acceptors (Lipinski definition) is 4. The first kappa shape index (κ1) is 11.9. The van der Waals surface area contributed by atoms with Crippen molar-refractivity contribution in [3.63, 3.8) is 0 Å². The molecule has 88 valence electrons. The van der Waals surface area contributed by atoms with Crippen LogP contribution in [-0.2, 0) is 18.7 Å². The fraction of sp³-hybridized carbons (Fsp3) is 0.667. The first-order valence-electron chi connectivity index (χ1n) is 5.88. The Morgan fingerprint density at radius 1 is 1.50 bits per heavy atom. The molecule has 0 atom stereocenters. The van der Waals surface area contributed by atoms with Crippen LogP contribution < -0.4 is 5.32 Å². The second-order valence-corrected chi connectivity index (χ2v) is 5.62. The predicted octanol–water partition coefficient (Wildman–Crippen LogP) is 2.01. The number of nitrogens with one attached hydrogen (secondary N) is 1. The Morgan fingerprint density at radius 2 is 2.38 bits per heavy atom. The zero-order chi connectivity index (χ0) is 11.4. The lowest BCUT2D eigenvalue weighted by atomic mass is 10.1. The molecule has 16 heavy (non-hydrogen) atoms. The molecule has 1 aromatic rings. The van der Waals surface area contributed by atoms with Crippen LogP contribution >= 0.6 is 11.8 Å². The van der Waals surface area contributed by atoms with Crippen LogP contribution in [0.2, 0.25) is 0 Å². The second-order valence-electron chi connectivity index (χ2n) is 4.59. The molecule has 4 heteroatoms. The smallest absolute Gasteiger partial charge is 0.138 e. The van der Waals surface area contributed by atoms with Crippen LogP contribution in [0.25, 0.3) is 0 Å². The Balaban J connectivity index is 1.95. The van der Waals surface area contributed by atoms with Crippen LogP contribution in [0, 0.1) is 5.92 Å². The summed E-state index contributed by atoms with van der Waals surface area (Å²) in [4.78, 5) is 9.06. The van der Waals surface area contributed by atoms with Crippen LogP contribution in [0.5, 0.6) is 0 Å². The molecule has 1 N–H and O–H groups in total. The van der Waals surface area contributed by atoms with Gasteiger partial charge in [0.15, 0.2) is 0 Å². The molecule has 1 aliphatic rings. The molecule has 0 unspecified atom stereocenters. The van der Waals surface area contributed by atoms with E-state index in [1.54, 1.807) is 0 Å². The highest BCUT2D eigenvalue weighted by atomic mass is 32.2. The van der Waals surface area contributed by atoms with Crippen molar-refractivity contribution in [1.82, 2.24) is 15.3 Å². The van der Waals surface area contributed by atoms with Crippen LogP contribution in [0.4, 0.5) is 0 Å². The van der Waals surface area contributed by atoms with E-state index in [1.807, 2.05) is 18.0 Å². The molecule has 1 aliphatic heterocycles. The number of thioether (sulfide) groups is 1. The van der Waals surface area contributed by atoms with E-state index in [0.29, 0.717) is 0 Å². The number of fused-ring (bicyclic) bond motifs is 1. The Morgan fingerprint density at radius 3 is 3.19 bits per heavy atom. The fourth-order valence-electron chi connectivity index (χ4n) is 1.73. The van der Waals surface area contributed by atoms with E-state index in [0.717, 1.165) is 37.0 Å². The van der Waals surface area contributed by atoms with Crippen molar-refractivity contribution < 1.29 is 0 Å². The van der Waals surface area contributed by atoms with E-state index in [1.165, 1.54) is 17.0 Å². The standard InChI is InChI=1S/C12H19N3S/c1-9(2)7-16-8-12-14-6-10-5-13-4-3-11(10)15-12/h6,9,13H,3-5,7-8H2,1-2H3. The van der Waals surface area contributed by atoms with Gasteiger partial charge in [-0.1, -0.05) is 13.8 Å². The van der Waals surface area contributed by atoms with Crippen LogP contribution in [-0.4, -0.2) is 22.3 Å². The van der Waals surface area contributed by atoms with Gasteiger partial charge in [-0.05, 0) is 11.7 Å². The minimum Gasteiger partial charge on any atom is -0.312 e. The summed E-state index contributed by atoms with van der Waals surface area (Å²) in [6.07, 6.45) is 3.03. The molecule has 0 aromatic carbocycles. The van der Waals surface area contributed by atoms with Crippen molar-refractivity contribution in [2.45, 2.75) is 32.6 Å². The normalized spacial score (nSPS) is 15.2. The first-order valence-corrected chi connectivity index (χ1v) is 7.03. The van der Waals surface area contributed by atoms with E-state index in [9.17, 15) is 0 Å². The second kappa shape index (κ2) is 5.64. The van der Waals surface area contributed by atoms with E-state index in [2.05, 4.69) is 29.1 Å². The highest BCUT2D eigenvalue weighted by Crippen LogP contribution is 2.15. The first-order chi connectivity index (χ1) is 7.75. The topological polar surface area (TPSA) is 37.8 Å². The highest BCUT2D eigenvalue weighted by molar-refractivity contribution is 7.98. The third kappa shape index (κ3) is 3.19. The van der Waals surface area contributed by atoms with E-state index < -0.39 is 0 Å². The number of rotatable bonds is 4. The Bertz CT molecular complexity index is 352. The molecule has 0 fully saturated rings. The van der Waals surface area contributed by atoms with Gasteiger partial charge in [-0.2, -0.15) is 11.8 Å². The Hall–Kier alpha value is -0.610. The lowest BCUT2D eigenvalue weighted by Crippen LogP contribution is -2.25. The molecule has 1 aromatic heterocycles. The molecule has 0 spiro atoms. The van der Waals surface area contributed by atoms with Gasteiger partial charge in [-0.3, -0.25) is 0 Å². The van der Waals surface area contributed by atoms with Gasteiger partial charge in [0.1, 0.15) is 5.82 Å². The molecule has 0 aliphatic carbocycles. The Labute approximate surface area is 101 Å². The van der Waals surface area contributed by atoms with Crippen LogP contribution in [0.15, 0.2) is 6.20 Å². The summed E-state index contributed by atoms with van der Waals surface area (Å²) >= 11 is 1.92. The summed E-state index contributed by atoms with van der Waals surface area (Å²) in [5, 5.41) is 3.33. The zero-order valence-electron chi connectivity index (χ0n) is 9.99. The maximum Gasteiger partial charge on any atom is 0.138 e. The number of aromatic nitrogens is 2. The number of nitrogens with zero attached hydrogens (tertiary/aromatic N) is 2. The maximum atomic E-state index is 4.64. The molecule has 0 amide bonds. The zero-order valence-corrected chi connectivity index (χ0v) is 10.8. The summed E-state index contributed by atoms with van der Waals surface area (Å²) < 4.78 is 0. The molecule has 0 saturated heterocycles.